The summed E-state index contributed by atoms with van der Waals surface area (Å²) >= 11 is 0. The maximum atomic E-state index is 12.3. The molecule has 1 aliphatic heterocycles. The largest absolute Gasteiger partial charge is 0.388 e. The van der Waals surface area contributed by atoms with E-state index in [4.69, 9.17) is 4.74 Å². The van der Waals surface area contributed by atoms with Gasteiger partial charge in [0.05, 0.1) is 5.60 Å². The highest BCUT2D eigenvalue weighted by atomic mass is 16.5. The number of H-pyrrole nitrogens is 1. The summed E-state index contributed by atoms with van der Waals surface area (Å²) in [6, 6.07) is 0. The molecule has 0 spiro atoms. The molecule has 7 nitrogen and oxygen atoms in total. The van der Waals surface area contributed by atoms with Gasteiger partial charge in [0.25, 0.3) is 5.91 Å². The van der Waals surface area contributed by atoms with Gasteiger partial charge in [0.1, 0.15) is 5.82 Å². The number of rotatable bonds is 4. The fourth-order valence-electron chi connectivity index (χ4n) is 2.50. The van der Waals surface area contributed by atoms with Gasteiger partial charge < -0.3 is 14.7 Å². The summed E-state index contributed by atoms with van der Waals surface area (Å²) in [6.07, 6.45) is 3.31. The van der Waals surface area contributed by atoms with E-state index in [9.17, 15) is 9.90 Å². The Morgan fingerprint density at radius 2 is 2.20 bits per heavy atom. The van der Waals surface area contributed by atoms with Crippen LogP contribution in [0.2, 0.25) is 0 Å². The molecule has 0 unspecified atom stereocenters. The Kier molecular flexibility index (Phi) is 3.47. The number of ether oxygens (including phenoxy) is 1. The molecule has 3 rings (SSSR count). The molecule has 1 saturated carbocycles. The van der Waals surface area contributed by atoms with Crippen molar-refractivity contribution in [2.45, 2.75) is 37.2 Å². The second kappa shape index (κ2) is 5.14. The molecule has 1 aromatic rings. The van der Waals surface area contributed by atoms with Gasteiger partial charge >= 0.3 is 0 Å². The van der Waals surface area contributed by atoms with Gasteiger partial charge in [0.15, 0.2) is 0 Å². The Morgan fingerprint density at radius 3 is 2.85 bits per heavy atom. The molecule has 7 heteroatoms. The van der Waals surface area contributed by atoms with E-state index in [2.05, 4.69) is 15.2 Å². The van der Waals surface area contributed by atoms with Gasteiger partial charge in [-0.25, -0.2) is 4.98 Å². The number of nitrogens with one attached hydrogen (secondary N) is 1. The minimum atomic E-state index is -0.863. The lowest BCUT2D eigenvalue weighted by Crippen LogP contribution is -2.47. The van der Waals surface area contributed by atoms with Crippen molar-refractivity contribution in [3.8, 4) is 0 Å². The first-order valence-electron chi connectivity index (χ1n) is 7.05. The van der Waals surface area contributed by atoms with Crippen LogP contribution in [-0.2, 0) is 4.74 Å². The van der Waals surface area contributed by atoms with Gasteiger partial charge in [0.2, 0.25) is 5.82 Å². The predicted octanol–water partition coefficient (Wildman–Crippen LogP) is 0.296. The fourth-order valence-corrected chi connectivity index (χ4v) is 2.50. The van der Waals surface area contributed by atoms with E-state index in [-0.39, 0.29) is 18.3 Å². The molecule has 2 aliphatic rings. The summed E-state index contributed by atoms with van der Waals surface area (Å²) in [5.74, 6) is 1.17. The number of carbonyl (C=O) groups is 1. The summed E-state index contributed by atoms with van der Waals surface area (Å²) in [5.41, 5.74) is -0.863. The molecule has 2 heterocycles. The molecule has 110 valence electrons. The Labute approximate surface area is 117 Å². The van der Waals surface area contributed by atoms with Crippen LogP contribution in [0.4, 0.5) is 0 Å². The molecule has 1 aliphatic carbocycles. The van der Waals surface area contributed by atoms with Crippen molar-refractivity contribution in [2.24, 2.45) is 0 Å². The lowest BCUT2D eigenvalue weighted by atomic mass is 9.94. The molecule has 0 aromatic carbocycles. The maximum Gasteiger partial charge on any atom is 0.293 e. The molecule has 1 saturated heterocycles. The zero-order valence-corrected chi connectivity index (χ0v) is 11.6. The molecule has 0 bridgehead atoms. The van der Waals surface area contributed by atoms with Gasteiger partial charge in [-0.3, -0.25) is 9.89 Å². The van der Waals surface area contributed by atoms with Crippen molar-refractivity contribution in [2.75, 3.05) is 26.8 Å². The standard InChI is InChI=1S/C13H20N4O3/c1-17(8-13(19)4-6-20-7-5-13)12(18)11-14-10(15-16-11)9-2-3-9/h9,19H,2-8H2,1H3,(H,14,15,16). The normalized spacial score (nSPS) is 21.7. The monoisotopic (exact) mass is 280 g/mol. The van der Waals surface area contributed by atoms with Gasteiger partial charge in [-0.2, -0.15) is 0 Å². The number of likely N-dealkylation sites (N-methyl/N-ethyl adjacent to an activating group) is 1. The minimum Gasteiger partial charge on any atom is -0.388 e. The quantitative estimate of drug-likeness (QED) is 0.827. The van der Waals surface area contributed by atoms with E-state index >= 15 is 0 Å². The van der Waals surface area contributed by atoms with Crippen LogP contribution in [0.5, 0.6) is 0 Å². The van der Waals surface area contributed by atoms with E-state index in [1.807, 2.05) is 0 Å². The van der Waals surface area contributed by atoms with E-state index < -0.39 is 5.60 Å². The third kappa shape index (κ3) is 2.83. The first-order valence-corrected chi connectivity index (χ1v) is 7.05. The number of hydrogen-bond acceptors (Lipinski definition) is 5. The van der Waals surface area contributed by atoms with Gasteiger partial charge in [-0.05, 0) is 12.8 Å². The Balaban J connectivity index is 1.62. The number of hydrogen-bond donors (Lipinski definition) is 2. The molecule has 1 amide bonds. The third-order valence-electron chi connectivity index (χ3n) is 3.96. The highest BCUT2D eigenvalue weighted by Crippen LogP contribution is 2.37. The van der Waals surface area contributed by atoms with E-state index in [0.29, 0.717) is 32.0 Å². The van der Waals surface area contributed by atoms with Crippen LogP contribution in [-0.4, -0.2) is 63.5 Å². The zero-order chi connectivity index (χ0) is 14.2. The van der Waals surface area contributed by atoms with Crippen LogP contribution in [0.1, 0.15) is 48.0 Å². The van der Waals surface area contributed by atoms with Crippen LogP contribution >= 0.6 is 0 Å². The van der Waals surface area contributed by atoms with Crippen LogP contribution in [0.15, 0.2) is 0 Å². The molecule has 0 radical (unpaired) electrons. The second-order valence-electron chi connectivity index (χ2n) is 5.82. The van der Waals surface area contributed by atoms with Gasteiger partial charge in [-0.15, -0.1) is 5.10 Å². The highest BCUT2D eigenvalue weighted by Gasteiger charge is 2.34. The first kappa shape index (κ1) is 13.5. The molecular weight excluding hydrogens is 260 g/mol. The molecule has 2 N–H and O–H groups in total. The average Bonchev–Trinajstić information content (AvgIpc) is 3.16. The van der Waals surface area contributed by atoms with E-state index in [1.165, 1.54) is 4.90 Å². The van der Waals surface area contributed by atoms with Crippen LogP contribution < -0.4 is 0 Å². The van der Waals surface area contributed by atoms with Crippen LogP contribution in [0.25, 0.3) is 0 Å². The average molecular weight is 280 g/mol. The van der Waals surface area contributed by atoms with Crippen molar-refractivity contribution in [3.05, 3.63) is 11.6 Å². The number of aliphatic hydroxyl groups is 1. The number of carbonyl (C=O) groups excluding carboxylic acids is 1. The maximum absolute atomic E-state index is 12.3. The molecule has 1 aromatic heterocycles. The summed E-state index contributed by atoms with van der Waals surface area (Å²) in [6.45, 7) is 1.35. The second-order valence-corrected chi connectivity index (χ2v) is 5.82. The van der Waals surface area contributed by atoms with Gasteiger partial charge in [0, 0.05) is 45.6 Å². The number of nitrogens with zero attached hydrogens (tertiary/aromatic N) is 3. The number of aromatic nitrogens is 3. The highest BCUT2D eigenvalue weighted by molar-refractivity contribution is 5.90. The Hall–Kier alpha value is -1.47. The predicted molar refractivity (Wildman–Crippen MR) is 70.3 cm³/mol. The van der Waals surface area contributed by atoms with Crippen molar-refractivity contribution in [3.63, 3.8) is 0 Å². The summed E-state index contributed by atoms with van der Waals surface area (Å²) in [4.78, 5) is 18.0. The topological polar surface area (TPSA) is 91.3 Å². The van der Waals surface area contributed by atoms with Crippen molar-refractivity contribution < 1.29 is 14.6 Å². The molecular formula is C13H20N4O3. The lowest BCUT2D eigenvalue weighted by molar-refractivity contribution is -0.0735. The minimum absolute atomic E-state index is 0.185. The van der Waals surface area contributed by atoms with E-state index in [0.717, 1.165) is 18.7 Å². The summed E-state index contributed by atoms with van der Waals surface area (Å²) in [5, 5.41) is 17.2. The Bertz CT molecular complexity index is 492. The number of aromatic amines is 1. The Morgan fingerprint density at radius 1 is 1.50 bits per heavy atom. The SMILES string of the molecule is CN(CC1(O)CCOCC1)C(=O)c1n[nH]c(C2CC2)n1. The number of amides is 1. The van der Waals surface area contributed by atoms with Crippen molar-refractivity contribution in [1.29, 1.82) is 0 Å². The molecule has 0 atom stereocenters. The van der Waals surface area contributed by atoms with Crippen molar-refractivity contribution in [1.82, 2.24) is 20.1 Å². The fraction of sp³-hybridized carbons (Fsp3) is 0.769. The smallest absolute Gasteiger partial charge is 0.293 e. The van der Waals surface area contributed by atoms with Crippen LogP contribution in [0.3, 0.4) is 0 Å². The summed E-state index contributed by atoms with van der Waals surface area (Å²) < 4.78 is 5.24. The van der Waals surface area contributed by atoms with Gasteiger partial charge in [-0.1, -0.05) is 0 Å². The van der Waals surface area contributed by atoms with E-state index in [1.54, 1.807) is 7.05 Å². The zero-order valence-electron chi connectivity index (χ0n) is 11.6. The molecule has 20 heavy (non-hydrogen) atoms. The van der Waals surface area contributed by atoms with Crippen molar-refractivity contribution >= 4 is 5.91 Å². The summed E-state index contributed by atoms with van der Waals surface area (Å²) in [7, 11) is 1.67. The molecule has 2 fully saturated rings. The first-order chi connectivity index (χ1) is 9.57. The third-order valence-corrected chi connectivity index (χ3v) is 3.96. The lowest BCUT2D eigenvalue weighted by Gasteiger charge is -2.35. The van der Waals surface area contributed by atoms with Crippen LogP contribution in [0, 0.1) is 0 Å².